The van der Waals surface area contributed by atoms with Crippen LogP contribution in [0.4, 0.5) is 11.4 Å². The number of non-ortho nitro benzene ring substituents is 1. The molecular formula is C13H15N3O4. The van der Waals surface area contributed by atoms with Crippen molar-refractivity contribution < 1.29 is 10.0 Å². The van der Waals surface area contributed by atoms with Crippen LogP contribution in [0.2, 0.25) is 0 Å². The van der Waals surface area contributed by atoms with Crippen LogP contribution in [0.3, 0.4) is 0 Å². The molecule has 106 valence electrons. The summed E-state index contributed by atoms with van der Waals surface area (Å²) in [7, 11) is 1.61. The third kappa shape index (κ3) is 2.48. The standard InChI is InChI=1S/C13H15N3O4/c1-8(7-17)14-11-6-13(18)15(2)12-4-3-9(16(19)20)5-10(11)12/h3-6,8,14,17H,7H2,1-2H3/t8-/m0/s1. The minimum atomic E-state index is -0.482. The Labute approximate surface area is 114 Å². The second kappa shape index (κ2) is 5.30. The summed E-state index contributed by atoms with van der Waals surface area (Å²) in [4.78, 5) is 22.2. The number of anilines is 1. The van der Waals surface area contributed by atoms with E-state index in [2.05, 4.69) is 5.32 Å². The molecule has 7 heteroatoms. The zero-order valence-electron chi connectivity index (χ0n) is 11.2. The molecule has 0 unspecified atom stereocenters. The SMILES string of the molecule is C[C@@H](CO)Nc1cc(=O)n(C)c2ccc([N+](=O)[O-])cc12. The quantitative estimate of drug-likeness (QED) is 0.647. The van der Waals surface area contributed by atoms with Crippen LogP contribution in [0.5, 0.6) is 0 Å². The predicted molar refractivity (Wildman–Crippen MR) is 76.0 cm³/mol. The molecule has 0 saturated carbocycles. The number of nitro benzene ring substituents is 1. The second-order valence-electron chi connectivity index (χ2n) is 4.64. The van der Waals surface area contributed by atoms with Crippen LogP contribution in [-0.2, 0) is 7.05 Å². The maximum absolute atomic E-state index is 11.9. The summed E-state index contributed by atoms with van der Waals surface area (Å²) in [5, 5.41) is 23.5. The van der Waals surface area contributed by atoms with Gasteiger partial charge in [-0.15, -0.1) is 0 Å². The van der Waals surface area contributed by atoms with Crippen molar-refractivity contribution in [1.29, 1.82) is 0 Å². The molecule has 0 aliphatic rings. The summed E-state index contributed by atoms with van der Waals surface area (Å²) < 4.78 is 1.42. The Morgan fingerprint density at radius 3 is 2.75 bits per heavy atom. The summed E-state index contributed by atoms with van der Waals surface area (Å²) in [6.45, 7) is 1.65. The van der Waals surface area contributed by atoms with E-state index in [9.17, 15) is 14.9 Å². The lowest BCUT2D eigenvalue weighted by Crippen LogP contribution is -2.23. The van der Waals surface area contributed by atoms with E-state index in [-0.39, 0.29) is 23.9 Å². The molecule has 1 aromatic heterocycles. The first kappa shape index (κ1) is 14.0. The zero-order chi connectivity index (χ0) is 14.9. The fourth-order valence-electron chi connectivity index (χ4n) is 1.99. The Balaban J connectivity index is 2.71. The van der Waals surface area contributed by atoms with Gasteiger partial charge in [-0.2, -0.15) is 0 Å². The van der Waals surface area contributed by atoms with Crippen LogP contribution < -0.4 is 10.9 Å². The van der Waals surface area contributed by atoms with E-state index in [4.69, 9.17) is 5.11 Å². The fourth-order valence-corrected chi connectivity index (χ4v) is 1.99. The van der Waals surface area contributed by atoms with Crippen LogP contribution in [-0.4, -0.2) is 27.2 Å². The molecule has 1 atom stereocenters. The first-order chi connectivity index (χ1) is 9.43. The average molecular weight is 277 g/mol. The van der Waals surface area contributed by atoms with Gasteiger partial charge in [0.05, 0.1) is 17.0 Å². The van der Waals surface area contributed by atoms with Crippen LogP contribution in [0, 0.1) is 10.1 Å². The number of hydrogen-bond donors (Lipinski definition) is 2. The van der Waals surface area contributed by atoms with Crippen molar-refractivity contribution in [1.82, 2.24) is 4.57 Å². The molecule has 20 heavy (non-hydrogen) atoms. The van der Waals surface area contributed by atoms with Crippen molar-refractivity contribution in [3.63, 3.8) is 0 Å². The number of pyridine rings is 1. The van der Waals surface area contributed by atoms with Gasteiger partial charge >= 0.3 is 0 Å². The van der Waals surface area contributed by atoms with Crippen molar-refractivity contribution in [2.24, 2.45) is 7.05 Å². The van der Waals surface area contributed by atoms with E-state index >= 15 is 0 Å². The number of hydrogen-bond acceptors (Lipinski definition) is 5. The van der Waals surface area contributed by atoms with E-state index < -0.39 is 4.92 Å². The fraction of sp³-hybridized carbons (Fsp3) is 0.308. The number of fused-ring (bicyclic) bond motifs is 1. The number of nitrogens with zero attached hydrogens (tertiary/aromatic N) is 2. The number of benzene rings is 1. The first-order valence-electron chi connectivity index (χ1n) is 6.09. The molecule has 0 radical (unpaired) electrons. The van der Waals surface area contributed by atoms with E-state index in [1.54, 1.807) is 20.0 Å². The molecule has 0 amide bonds. The van der Waals surface area contributed by atoms with Gasteiger partial charge in [-0.05, 0) is 13.0 Å². The molecule has 1 aromatic carbocycles. The lowest BCUT2D eigenvalue weighted by atomic mass is 10.1. The van der Waals surface area contributed by atoms with E-state index in [1.165, 1.54) is 22.8 Å². The highest BCUT2D eigenvalue weighted by molar-refractivity contribution is 5.93. The molecular weight excluding hydrogens is 262 g/mol. The number of nitrogens with one attached hydrogen (secondary N) is 1. The maximum Gasteiger partial charge on any atom is 0.270 e. The average Bonchev–Trinajstić information content (AvgIpc) is 2.43. The van der Waals surface area contributed by atoms with Crippen molar-refractivity contribution in [3.05, 3.63) is 44.7 Å². The molecule has 0 aliphatic carbocycles. The highest BCUT2D eigenvalue weighted by Crippen LogP contribution is 2.26. The summed E-state index contributed by atoms with van der Waals surface area (Å²) in [5.74, 6) is 0. The van der Waals surface area contributed by atoms with Crippen LogP contribution in [0.25, 0.3) is 10.9 Å². The minimum absolute atomic E-state index is 0.0455. The van der Waals surface area contributed by atoms with E-state index in [0.29, 0.717) is 16.6 Å². The van der Waals surface area contributed by atoms with E-state index in [1.807, 2.05) is 0 Å². The number of nitro groups is 1. The normalized spacial score (nSPS) is 12.3. The van der Waals surface area contributed by atoms with Crippen molar-refractivity contribution in [2.75, 3.05) is 11.9 Å². The van der Waals surface area contributed by atoms with Crippen LogP contribution >= 0.6 is 0 Å². The third-order valence-corrected chi connectivity index (χ3v) is 3.12. The predicted octanol–water partition coefficient (Wildman–Crippen LogP) is 1.24. The van der Waals surface area contributed by atoms with Gasteiger partial charge in [0, 0.05) is 42.4 Å². The van der Waals surface area contributed by atoms with Gasteiger partial charge in [0.25, 0.3) is 11.2 Å². The molecule has 2 aromatic rings. The highest BCUT2D eigenvalue weighted by atomic mass is 16.6. The Kier molecular flexibility index (Phi) is 3.71. The smallest absolute Gasteiger partial charge is 0.270 e. The molecule has 2 rings (SSSR count). The van der Waals surface area contributed by atoms with Crippen molar-refractivity contribution in [2.45, 2.75) is 13.0 Å². The monoisotopic (exact) mass is 277 g/mol. The number of aliphatic hydroxyl groups is 1. The summed E-state index contributed by atoms with van der Waals surface area (Å²) in [5.41, 5.74) is 0.805. The molecule has 7 nitrogen and oxygen atoms in total. The van der Waals surface area contributed by atoms with Crippen molar-refractivity contribution >= 4 is 22.3 Å². The van der Waals surface area contributed by atoms with Crippen LogP contribution in [0.15, 0.2) is 29.1 Å². The van der Waals surface area contributed by atoms with Gasteiger partial charge in [0.2, 0.25) is 0 Å². The topological polar surface area (TPSA) is 97.4 Å². The Bertz CT molecular complexity index is 723. The molecule has 0 fully saturated rings. The summed E-state index contributed by atoms with van der Waals surface area (Å²) in [6, 6.07) is 5.44. The Hall–Kier alpha value is -2.41. The van der Waals surface area contributed by atoms with Crippen molar-refractivity contribution in [3.8, 4) is 0 Å². The highest BCUT2D eigenvalue weighted by Gasteiger charge is 2.13. The molecule has 2 N–H and O–H groups in total. The summed E-state index contributed by atoms with van der Waals surface area (Å²) >= 11 is 0. The van der Waals surface area contributed by atoms with Gasteiger partial charge in [0.15, 0.2) is 0 Å². The van der Waals surface area contributed by atoms with Crippen LogP contribution in [0.1, 0.15) is 6.92 Å². The molecule has 0 bridgehead atoms. The Morgan fingerprint density at radius 1 is 1.45 bits per heavy atom. The molecule has 0 saturated heterocycles. The number of aromatic nitrogens is 1. The first-order valence-corrected chi connectivity index (χ1v) is 6.09. The van der Waals surface area contributed by atoms with Gasteiger partial charge in [0.1, 0.15) is 0 Å². The largest absolute Gasteiger partial charge is 0.394 e. The third-order valence-electron chi connectivity index (χ3n) is 3.12. The molecule has 0 aliphatic heterocycles. The number of rotatable bonds is 4. The summed E-state index contributed by atoms with van der Waals surface area (Å²) in [6.07, 6.45) is 0. The van der Waals surface area contributed by atoms with Gasteiger partial charge < -0.3 is 15.0 Å². The maximum atomic E-state index is 11.9. The lowest BCUT2D eigenvalue weighted by Gasteiger charge is -2.15. The second-order valence-corrected chi connectivity index (χ2v) is 4.64. The number of aliphatic hydroxyl groups excluding tert-OH is 1. The number of aryl methyl sites for hydroxylation is 1. The lowest BCUT2D eigenvalue weighted by molar-refractivity contribution is -0.384. The molecule has 1 heterocycles. The minimum Gasteiger partial charge on any atom is -0.394 e. The van der Waals surface area contributed by atoms with Gasteiger partial charge in [-0.3, -0.25) is 14.9 Å². The molecule has 0 spiro atoms. The van der Waals surface area contributed by atoms with E-state index in [0.717, 1.165) is 0 Å². The Morgan fingerprint density at radius 2 is 2.15 bits per heavy atom. The van der Waals surface area contributed by atoms with Gasteiger partial charge in [-0.25, -0.2) is 0 Å². The van der Waals surface area contributed by atoms with Gasteiger partial charge in [-0.1, -0.05) is 0 Å². The zero-order valence-corrected chi connectivity index (χ0v) is 11.2.